The van der Waals surface area contributed by atoms with E-state index in [1.165, 1.54) is 5.70 Å². The molecular formula is C34H38FN. The minimum atomic E-state index is -0.255. The number of hydrogen-bond donors (Lipinski definition) is 0. The molecular weight excluding hydrogens is 441 g/mol. The molecule has 0 bridgehead atoms. The summed E-state index contributed by atoms with van der Waals surface area (Å²) >= 11 is 0. The fourth-order valence-corrected chi connectivity index (χ4v) is 6.17. The second-order valence-corrected chi connectivity index (χ2v) is 12.0. The van der Waals surface area contributed by atoms with Crippen LogP contribution >= 0.6 is 0 Å². The summed E-state index contributed by atoms with van der Waals surface area (Å²) < 4.78 is 15.9. The van der Waals surface area contributed by atoms with Gasteiger partial charge in [0.1, 0.15) is 5.82 Å². The highest BCUT2D eigenvalue weighted by molar-refractivity contribution is 5.78. The maximum Gasteiger partial charge on any atom is 0.127 e. The Hall–Kier alpha value is -3.13. The van der Waals surface area contributed by atoms with Gasteiger partial charge in [-0.2, -0.15) is 0 Å². The highest BCUT2D eigenvalue weighted by atomic mass is 19.1. The van der Waals surface area contributed by atoms with Crippen molar-refractivity contribution >= 4 is 11.4 Å². The smallest absolute Gasteiger partial charge is 0.127 e. The van der Waals surface area contributed by atoms with Crippen LogP contribution in [-0.4, -0.2) is 0 Å². The van der Waals surface area contributed by atoms with Crippen LogP contribution in [0, 0.1) is 18.2 Å². The molecule has 2 aliphatic carbocycles. The van der Waals surface area contributed by atoms with E-state index in [-0.39, 0.29) is 22.1 Å². The Kier molecular flexibility index (Phi) is 5.78. The Labute approximate surface area is 216 Å². The number of anilines is 2. The molecule has 1 nitrogen and oxygen atoms in total. The van der Waals surface area contributed by atoms with Crippen LogP contribution in [0.25, 0.3) is 11.1 Å². The lowest BCUT2D eigenvalue weighted by atomic mass is 9.59. The zero-order valence-corrected chi connectivity index (χ0v) is 22.7. The van der Waals surface area contributed by atoms with Crippen LogP contribution in [0.4, 0.5) is 15.8 Å². The van der Waals surface area contributed by atoms with E-state index in [4.69, 9.17) is 0 Å². The molecule has 2 heteroatoms. The normalized spacial score (nSPS) is 19.1. The molecule has 0 spiro atoms. The number of nitrogens with zero attached hydrogens (tertiary/aromatic N) is 1. The number of allylic oxidation sites excluding steroid dienone is 3. The van der Waals surface area contributed by atoms with Crippen molar-refractivity contribution in [2.75, 3.05) is 4.90 Å². The number of para-hydroxylation sites is 1. The van der Waals surface area contributed by atoms with Crippen molar-refractivity contribution < 1.29 is 4.39 Å². The van der Waals surface area contributed by atoms with Crippen LogP contribution in [-0.2, 0) is 10.8 Å². The van der Waals surface area contributed by atoms with E-state index >= 15 is 4.39 Å². The van der Waals surface area contributed by atoms with Crippen LogP contribution in [0.5, 0.6) is 0 Å². The maximum atomic E-state index is 15.9. The van der Waals surface area contributed by atoms with Gasteiger partial charge in [0.05, 0.1) is 0 Å². The summed E-state index contributed by atoms with van der Waals surface area (Å²) in [4.78, 5) is 2.30. The zero-order valence-electron chi connectivity index (χ0n) is 22.7. The summed E-state index contributed by atoms with van der Waals surface area (Å²) in [5.41, 5.74) is 8.08. The molecule has 0 saturated heterocycles. The summed E-state index contributed by atoms with van der Waals surface area (Å²) in [6.07, 6.45) is 8.85. The topological polar surface area (TPSA) is 3.24 Å². The van der Waals surface area contributed by atoms with Crippen molar-refractivity contribution in [1.29, 1.82) is 0 Å². The van der Waals surface area contributed by atoms with Gasteiger partial charge in [0.15, 0.2) is 0 Å². The first kappa shape index (κ1) is 24.6. The van der Waals surface area contributed by atoms with E-state index in [1.807, 2.05) is 6.07 Å². The van der Waals surface area contributed by atoms with Crippen molar-refractivity contribution in [3.63, 3.8) is 0 Å². The van der Waals surface area contributed by atoms with E-state index < -0.39 is 0 Å². The summed E-state index contributed by atoms with van der Waals surface area (Å²) in [7, 11) is 0. The molecule has 0 N–H and O–H groups in total. The molecule has 0 aromatic heterocycles. The van der Waals surface area contributed by atoms with Crippen LogP contribution in [0.1, 0.15) is 71.1 Å². The molecule has 2 aliphatic rings. The second-order valence-electron chi connectivity index (χ2n) is 12.0. The van der Waals surface area contributed by atoms with Gasteiger partial charge in [0.2, 0.25) is 0 Å². The van der Waals surface area contributed by atoms with Crippen LogP contribution in [0.2, 0.25) is 0 Å². The third kappa shape index (κ3) is 3.57. The average molecular weight is 480 g/mol. The molecule has 0 unspecified atom stereocenters. The van der Waals surface area contributed by atoms with Crippen LogP contribution in [0.3, 0.4) is 0 Å². The molecule has 0 amide bonds. The van der Waals surface area contributed by atoms with E-state index in [1.54, 1.807) is 6.07 Å². The average Bonchev–Trinajstić information content (AvgIpc) is 2.96. The number of aryl methyl sites for hydroxylation is 1. The molecule has 0 atom stereocenters. The highest BCUT2D eigenvalue weighted by Crippen LogP contribution is 2.62. The maximum absolute atomic E-state index is 15.9. The van der Waals surface area contributed by atoms with Crippen molar-refractivity contribution in [2.45, 2.75) is 72.1 Å². The molecule has 5 rings (SSSR count). The van der Waals surface area contributed by atoms with Gasteiger partial charge in [0, 0.05) is 17.1 Å². The first-order valence-electron chi connectivity index (χ1n) is 13.1. The fraction of sp³-hybridized carbons (Fsp3) is 0.353. The third-order valence-electron chi connectivity index (χ3n) is 9.55. The van der Waals surface area contributed by atoms with Crippen LogP contribution < -0.4 is 4.90 Å². The second kappa shape index (κ2) is 8.47. The SMILES string of the molecule is Cc1ccc(N(C2=CCCC=C2)c2ccccc2)cc1-c1cc(F)c2c(c1)C(C)(C)C(C)(C)C2(C)C. The Morgan fingerprint density at radius 1 is 0.778 bits per heavy atom. The largest absolute Gasteiger partial charge is 0.311 e. The molecule has 0 radical (unpaired) electrons. The third-order valence-corrected chi connectivity index (χ3v) is 9.55. The Morgan fingerprint density at radius 3 is 2.17 bits per heavy atom. The molecule has 0 saturated carbocycles. The van der Waals surface area contributed by atoms with E-state index in [9.17, 15) is 0 Å². The molecule has 36 heavy (non-hydrogen) atoms. The summed E-state index contributed by atoms with van der Waals surface area (Å²) in [5, 5.41) is 0. The Morgan fingerprint density at radius 2 is 1.50 bits per heavy atom. The van der Waals surface area contributed by atoms with Gasteiger partial charge in [-0.3, -0.25) is 0 Å². The number of benzene rings is 3. The first-order valence-corrected chi connectivity index (χ1v) is 13.1. The minimum absolute atomic E-state index is 0.0808. The monoisotopic (exact) mass is 479 g/mol. The first-order chi connectivity index (χ1) is 17.0. The molecule has 186 valence electrons. The van der Waals surface area contributed by atoms with Crippen molar-refractivity contribution in [1.82, 2.24) is 0 Å². The van der Waals surface area contributed by atoms with Gasteiger partial charge in [0.25, 0.3) is 0 Å². The van der Waals surface area contributed by atoms with E-state index in [2.05, 4.69) is 120 Å². The van der Waals surface area contributed by atoms with Gasteiger partial charge in [-0.25, -0.2) is 4.39 Å². The minimum Gasteiger partial charge on any atom is -0.311 e. The van der Waals surface area contributed by atoms with E-state index in [0.717, 1.165) is 52.0 Å². The molecule has 3 aromatic carbocycles. The summed E-state index contributed by atoms with van der Waals surface area (Å²) in [5.74, 6) is -0.0891. The van der Waals surface area contributed by atoms with Crippen molar-refractivity contribution in [2.24, 2.45) is 5.41 Å². The van der Waals surface area contributed by atoms with Gasteiger partial charge >= 0.3 is 0 Å². The quantitative estimate of drug-likeness (QED) is 0.360. The predicted octanol–water partition coefficient (Wildman–Crippen LogP) is 9.77. The van der Waals surface area contributed by atoms with Crippen molar-refractivity contribution in [3.8, 4) is 11.1 Å². The van der Waals surface area contributed by atoms with Gasteiger partial charge in [-0.1, -0.05) is 84.0 Å². The standard InChI is InChI=1S/C34H38FN/c1-23-18-19-27(36(25-14-10-8-11-15-25)26-16-12-9-13-17-26)22-28(23)24-20-29-31(30(35)21-24)33(4,5)34(6,7)32(29,2)3/h8,10-12,14-22H,9,13H2,1-7H3. The van der Waals surface area contributed by atoms with Gasteiger partial charge in [-0.05, 0) is 100 Å². The molecule has 0 fully saturated rings. The lowest BCUT2D eigenvalue weighted by Gasteiger charge is -2.44. The van der Waals surface area contributed by atoms with Gasteiger partial charge in [-0.15, -0.1) is 0 Å². The number of fused-ring (bicyclic) bond motifs is 1. The molecule has 0 heterocycles. The fourth-order valence-electron chi connectivity index (χ4n) is 6.17. The summed E-state index contributed by atoms with van der Waals surface area (Å²) in [6, 6.07) is 21.1. The molecule has 3 aromatic rings. The van der Waals surface area contributed by atoms with Gasteiger partial charge < -0.3 is 4.90 Å². The highest BCUT2D eigenvalue weighted by Gasteiger charge is 2.58. The van der Waals surface area contributed by atoms with E-state index in [0.29, 0.717) is 0 Å². The zero-order chi connectivity index (χ0) is 25.9. The Balaban J connectivity index is 1.68. The Bertz CT molecular complexity index is 1370. The lowest BCUT2D eigenvalue weighted by Crippen LogP contribution is -2.42. The predicted molar refractivity (Wildman–Crippen MR) is 151 cm³/mol. The lowest BCUT2D eigenvalue weighted by molar-refractivity contribution is 0.123. The summed E-state index contributed by atoms with van der Waals surface area (Å²) in [6.45, 7) is 15.6. The molecule has 0 aliphatic heterocycles. The van der Waals surface area contributed by atoms with Crippen LogP contribution in [0.15, 0.2) is 84.6 Å². The van der Waals surface area contributed by atoms with Crippen molar-refractivity contribution in [3.05, 3.63) is 107 Å². The number of hydrogen-bond acceptors (Lipinski definition) is 1. The number of halogens is 1. The number of rotatable bonds is 4.